The second-order valence-electron chi connectivity index (χ2n) is 10.9. The third-order valence-corrected chi connectivity index (χ3v) is 8.49. The number of pyridine rings is 1. The van der Waals surface area contributed by atoms with Gasteiger partial charge in [-0.2, -0.15) is 13.2 Å². The molecule has 0 spiro atoms. The van der Waals surface area contributed by atoms with Gasteiger partial charge in [-0.15, -0.1) is 0 Å². The quantitative estimate of drug-likeness (QED) is 0.497. The number of aliphatic hydroxyl groups is 1. The zero-order valence-corrected chi connectivity index (χ0v) is 21.3. The molecule has 2 aliphatic carbocycles. The molecule has 3 heterocycles. The van der Waals surface area contributed by atoms with Gasteiger partial charge < -0.3 is 15.0 Å². The van der Waals surface area contributed by atoms with Crippen LogP contribution in [0.5, 0.6) is 0 Å². The Morgan fingerprint density at radius 2 is 1.92 bits per heavy atom. The van der Waals surface area contributed by atoms with Crippen molar-refractivity contribution < 1.29 is 23.1 Å². The highest BCUT2D eigenvalue weighted by molar-refractivity contribution is 5.82. The second-order valence-corrected chi connectivity index (χ2v) is 10.9. The number of rotatable bonds is 5. The number of nitrogens with one attached hydrogen (secondary N) is 1. The highest BCUT2D eigenvalue weighted by Crippen LogP contribution is 2.52. The van der Waals surface area contributed by atoms with Crippen LogP contribution in [0.2, 0.25) is 0 Å². The molecule has 6 rings (SSSR count). The highest BCUT2D eigenvalue weighted by Gasteiger charge is 2.49. The molecule has 0 bridgehead atoms. The number of aromatic nitrogens is 3. The molecule has 2 saturated carbocycles. The molecule has 7 nitrogen and oxygen atoms in total. The third-order valence-electron chi connectivity index (χ3n) is 8.49. The average molecular weight is 539 g/mol. The van der Waals surface area contributed by atoms with Crippen LogP contribution in [-0.2, 0) is 29.4 Å². The summed E-state index contributed by atoms with van der Waals surface area (Å²) in [7, 11) is 0. The molecule has 204 valence electrons. The van der Waals surface area contributed by atoms with E-state index in [2.05, 4.69) is 16.0 Å². The van der Waals surface area contributed by atoms with Gasteiger partial charge >= 0.3 is 6.18 Å². The van der Waals surface area contributed by atoms with Crippen LogP contribution < -0.4 is 5.56 Å². The zero-order valence-electron chi connectivity index (χ0n) is 21.3. The van der Waals surface area contributed by atoms with Crippen LogP contribution in [0.1, 0.15) is 89.9 Å². The Kier molecular flexibility index (Phi) is 6.32. The molecule has 1 amide bonds. The Balaban J connectivity index is 1.23. The molecule has 2 aromatic heterocycles. The average Bonchev–Trinajstić information content (AvgIpc) is 3.57. The van der Waals surface area contributed by atoms with Crippen molar-refractivity contribution in [3.63, 3.8) is 0 Å². The van der Waals surface area contributed by atoms with Gasteiger partial charge in [0.1, 0.15) is 5.82 Å². The van der Waals surface area contributed by atoms with Crippen molar-refractivity contribution in [1.29, 1.82) is 0 Å². The SMILES string of the molecule is O=C([C@H](O)c1cccc(C(F)(F)F)c1)N1CCc2nc(C3(c4cncc(C5CCCC5)c4)CC3)[nH]c(=O)c2C1. The fourth-order valence-electron chi connectivity index (χ4n) is 6.03. The lowest BCUT2D eigenvalue weighted by atomic mass is 9.91. The van der Waals surface area contributed by atoms with E-state index in [1.807, 2.05) is 12.4 Å². The number of H-pyrrole nitrogens is 1. The van der Waals surface area contributed by atoms with Crippen LogP contribution in [0.4, 0.5) is 13.2 Å². The maximum atomic E-state index is 13.2. The summed E-state index contributed by atoms with van der Waals surface area (Å²) in [6.45, 7) is 0.127. The van der Waals surface area contributed by atoms with E-state index in [9.17, 15) is 27.9 Å². The Labute approximate surface area is 223 Å². The molecular weight excluding hydrogens is 509 g/mol. The summed E-state index contributed by atoms with van der Waals surface area (Å²) in [6, 6.07) is 6.30. The molecule has 39 heavy (non-hydrogen) atoms. The van der Waals surface area contributed by atoms with Gasteiger partial charge in [0.15, 0.2) is 6.10 Å². The molecule has 1 aliphatic heterocycles. The summed E-state index contributed by atoms with van der Waals surface area (Å²) in [5.74, 6) is 0.385. The molecular formula is C29H29F3N4O3. The number of aliphatic hydroxyl groups excluding tert-OH is 1. The molecule has 1 atom stereocenters. The number of halogens is 3. The largest absolute Gasteiger partial charge is 0.416 e. The monoisotopic (exact) mass is 538 g/mol. The number of hydrogen-bond donors (Lipinski definition) is 2. The number of carbonyl (C=O) groups is 1. The number of nitrogens with zero attached hydrogens (tertiary/aromatic N) is 3. The van der Waals surface area contributed by atoms with E-state index in [4.69, 9.17) is 4.98 Å². The van der Waals surface area contributed by atoms with Gasteiger partial charge in [-0.05, 0) is 60.4 Å². The first-order chi connectivity index (χ1) is 18.7. The Morgan fingerprint density at radius 1 is 1.15 bits per heavy atom. The standard InChI is InChI=1S/C29H29F3N4O3/c30-29(31,32)20-7-3-6-18(12-20)24(37)26(39)36-11-8-23-22(16-36)25(38)35-27(34-23)28(9-10-28)21-13-19(14-33-15-21)17-4-1-2-5-17/h3,6-7,12-15,17,24,37H,1-2,4-5,8-11,16H2,(H,34,35,38)/t24-/m1/s1. The first-order valence-electron chi connectivity index (χ1n) is 13.4. The minimum Gasteiger partial charge on any atom is -0.378 e. The van der Waals surface area contributed by atoms with E-state index < -0.39 is 23.8 Å². The maximum absolute atomic E-state index is 13.2. The van der Waals surface area contributed by atoms with Gasteiger partial charge in [0, 0.05) is 25.4 Å². The normalized spacial score (nSPS) is 19.5. The lowest BCUT2D eigenvalue weighted by molar-refractivity contribution is -0.142. The molecule has 2 N–H and O–H groups in total. The van der Waals surface area contributed by atoms with Crippen molar-refractivity contribution in [2.75, 3.05) is 6.54 Å². The topological polar surface area (TPSA) is 99.2 Å². The van der Waals surface area contributed by atoms with Gasteiger partial charge in [-0.3, -0.25) is 14.6 Å². The number of alkyl halides is 3. The van der Waals surface area contributed by atoms with Crippen molar-refractivity contribution in [3.8, 4) is 0 Å². The molecule has 3 aliphatic rings. The van der Waals surface area contributed by atoms with Gasteiger partial charge in [0.25, 0.3) is 11.5 Å². The number of carbonyl (C=O) groups excluding carboxylic acids is 1. The number of aromatic amines is 1. The molecule has 0 unspecified atom stereocenters. The smallest absolute Gasteiger partial charge is 0.378 e. The Hall–Kier alpha value is -3.53. The highest BCUT2D eigenvalue weighted by atomic mass is 19.4. The lowest BCUT2D eigenvalue weighted by Gasteiger charge is -2.30. The summed E-state index contributed by atoms with van der Waals surface area (Å²) in [4.78, 5) is 39.8. The first kappa shape index (κ1) is 25.7. The molecule has 0 radical (unpaired) electrons. The fraction of sp³-hybridized carbons (Fsp3) is 0.448. The van der Waals surface area contributed by atoms with E-state index in [1.165, 1.54) is 42.2 Å². The van der Waals surface area contributed by atoms with E-state index in [1.54, 1.807) is 0 Å². The van der Waals surface area contributed by atoms with Crippen molar-refractivity contribution in [1.82, 2.24) is 19.9 Å². The third kappa shape index (κ3) is 4.75. The Morgan fingerprint density at radius 3 is 2.64 bits per heavy atom. The number of amides is 1. The van der Waals surface area contributed by atoms with Crippen LogP contribution in [0.3, 0.4) is 0 Å². The van der Waals surface area contributed by atoms with Gasteiger partial charge in [0.2, 0.25) is 0 Å². The summed E-state index contributed by atoms with van der Waals surface area (Å²) >= 11 is 0. The van der Waals surface area contributed by atoms with Crippen molar-refractivity contribution in [2.24, 2.45) is 0 Å². The molecule has 3 aromatic rings. The van der Waals surface area contributed by atoms with Crippen LogP contribution in [0.15, 0.2) is 47.5 Å². The molecule has 0 saturated heterocycles. The van der Waals surface area contributed by atoms with Gasteiger partial charge in [-0.25, -0.2) is 4.98 Å². The summed E-state index contributed by atoms with van der Waals surface area (Å²) in [5.41, 5.74) is 1.45. The predicted octanol–water partition coefficient (Wildman–Crippen LogP) is 4.54. The second kappa shape index (κ2) is 9.59. The summed E-state index contributed by atoms with van der Waals surface area (Å²) in [5, 5.41) is 10.6. The summed E-state index contributed by atoms with van der Waals surface area (Å²) < 4.78 is 39.3. The number of hydrogen-bond acceptors (Lipinski definition) is 5. The Bertz CT molecular complexity index is 1480. The van der Waals surface area contributed by atoms with E-state index in [0.717, 1.165) is 36.6 Å². The van der Waals surface area contributed by atoms with Crippen molar-refractivity contribution in [3.05, 3.63) is 92.4 Å². The minimum atomic E-state index is -4.59. The van der Waals surface area contributed by atoms with Crippen LogP contribution >= 0.6 is 0 Å². The van der Waals surface area contributed by atoms with Crippen molar-refractivity contribution >= 4 is 5.91 Å². The summed E-state index contributed by atoms with van der Waals surface area (Å²) in [6.07, 6.45) is 4.28. The zero-order chi connectivity index (χ0) is 27.4. The van der Waals surface area contributed by atoms with Gasteiger partial charge in [0.05, 0.1) is 28.8 Å². The van der Waals surface area contributed by atoms with E-state index >= 15 is 0 Å². The molecule has 10 heteroatoms. The predicted molar refractivity (Wildman–Crippen MR) is 136 cm³/mol. The van der Waals surface area contributed by atoms with Crippen LogP contribution in [0.25, 0.3) is 0 Å². The van der Waals surface area contributed by atoms with Crippen molar-refractivity contribution in [2.45, 2.75) is 75.1 Å². The van der Waals surface area contributed by atoms with E-state index in [-0.39, 0.29) is 29.6 Å². The lowest BCUT2D eigenvalue weighted by Crippen LogP contribution is -2.42. The number of fused-ring (bicyclic) bond motifs is 1. The van der Waals surface area contributed by atoms with E-state index in [0.29, 0.717) is 29.4 Å². The van der Waals surface area contributed by atoms with Crippen LogP contribution in [0, 0.1) is 0 Å². The fourth-order valence-corrected chi connectivity index (χ4v) is 6.03. The number of benzene rings is 1. The first-order valence-corrected chi connectivity index (χ1v) is 13.4. The molecule has 2 fully saturated rings. The molecule has 1 aromatic carbocycles. The maximum Gasteiger partial charge on any atom is 0.416 e. The minimum absolute atomic E-state index is 0.0709. The van der Waals surface area contributed by atoms with Crippen LogP contribution in [-0.4, -0.2) is 37.4 Å². The van der Waals surface area contributed by atoms with Gasteiger partial charge in [-0.1, -0.05) is 31.0 Å².